The summed E-state index contributed by atoms with van der Waals surface area (Å²) < 4.78 is 28.0. The van der Waals surface area contributed by atoms with E-state index in [-0.39, 0.29) is 19.4 Å². The summed E-state index contributed by atoms with van der Waals surface area (Å²) in [6, 6.07) is 3.03. The van der Waals surface area contributed by atoms with E-state index in [4.69, 9.17) is 14.0 Å². The van der Waals surface area contributed by atoms with Crippen molar-refractivity contribution < 1.29 is 43.7 Å². The van der Waals surface area contributed by atoms with Crippen LogP contribution in [0.2, 0.25) is 0 Å². The maximum atomic E-state index is 11.2. The fourth-order valence-electron chi connectivity index (χ4n) is 2.82. The van der Waals surface area contributed by atoms with Gasteiger partial charge in [0, 0.05) is 29.3 Å². The van der Waals surface area contributed by atoms with Crippen molar-refractivity contribution in [2.24, 2.45) is 5.29 Å². The maximum Gasteiger partial charge on any atom is 0.335 e. The number of aliphatic carboxylic acids is 1. The second kappa shape index (κ2) is 9.15. The zero-order valence-electron chi connectivity index (χ0n) is 17.2. The number of pyridine rings is 1. The molecule has 2 unspecified atom stereocenters. The Balaban J connectivity index is 2.09. The van der Waals surface area contributed by atoms with Crippen LogP contribution in [0, 0.1) is 4.91 Å². The maximum absolute atomic E-state index is 11.2. The van der Waals surface area contributed by atoms with E-state index >= 15 is 0 Å². The number of aliphatic hydroxyl groups excluding tert-OH is 4. The first-order valence-electron chi connectivity index (χ1n) is 9.69. The summed E-state index contributed by atoms with van der Waals surface area (Å²) in [7, 11) is 0. The average molecular weight is 389 g/mol. The standard InChI is InChI=1S/C16H23N3O8/c1-18(17-26)6-3-5-10(20)9-4-2-7-19(8-9)15-13(23)11(21)12(22)14(27-15)16(24)25/h2,4,7-8,10-15,20-23H,3,5-6H2,1H3/p+1/t10?,11-,12-,13-,14?,15+/m0/s1/i1D3. The fourth-order valence-corrected chi connectivity index (χ4v) is 2.82. The molecule has 0 radical (unpaired) electrons. The Morgan fingerprint density at radius 3 is 2.78 bits per heavy atom. The van der Waals surface area contributed by atoms with Crippen molar-refractivity contribution in [3.63, 3.8) is 0 Å². The van der Waals surface area contributed by atoms with E-state index in [2.05, 4.69) is 5.29 Å². The third-order valence-corrected chi connectivity index (χ3v) is 4.30. The van der Waals surface area contributed by atoms with Crippen LogP contribution in [0.25, 0.3) is 0 Å². The second-order valence-electron chi connectivity index (χ2n) is 6.20. The number of hydrogen-bond donors (Lipinski definition) is 5. The highest BCUT2D eigenvalue weighted by Gasteiger charge is 2.51. The molecular weight excluding hydrogens is 362 g/mol. The molecule has 2 heterocycles. The molecule has 1 fully saturated rings. The lowest BCUT2D eigenvalue weighted by Crippen LogP contribution is -2.63. The van der Waals surface area contributed by atoms with Crippen molar-refractivity contribution in [3.05, 3.63) is 35.0 Å². The van der Waals surface area contributed by atoms with Crippen LogP contribution in [-0.4, -0.2) is 74.4 Å². The predicted molar refractivity (Wildman–Crippen MR) is 88.8 cm³/mol. The van der Waals surface area contributed by atoms with Gasteiger partial charge in [-0.25, -0.2) is 4.79 Å². The van der Waals surface area contributed by atoms with Gasteiger partial charge in [0.2, 0.25) is 0 Å². The molecule has 0 spiro atoms. The Kier molecular flexibility index (Phi) is 5.75. The summed E-state index contributed by atoms with van der Waals surface area (Å²) >= 11 is 0. The minimum atomic E-state index is -2.68. The molecule has 1 aromatic heterocycles. The number of carbonyl (C=O) groups is 1. The molecule has 1 saturated heterocycles. The minimum absolute atomic E-state index is 0.0826. The molecule has 0 aliphatic carbocycles. The number of rotatable bonds is 8. The van der Waals surface area contributed by atoms with Gasteiger partial charge in [-0.2, -0.15) is 4.57 Å². The summed E-state index contributed by atoms with van der Waals surface area (Å²) in [5.41, 5.74) is 0.334. The number of aromatic nitrogens is 1. The zero-order chi connectivity index (χ0) is 22.6. The normalized spacial score (nSPS) is 31.3. The van der Waals surface area contributed by atoms with Crippen molar-refractivity contribution in [1.29, 1.82) is 0 Å². The van der Waals surface area contributed by atoms with Gasteiger partial charge >= 0.3 is 5.97 Å². The minimum Gasteiger partial charge on any atom is -0.479 e. The average Bonchev–Trinajstić information content (AvgIpc) is 2.68. The lowest BCUT2D eigenvalue weighted by molar-refractivity contribution is -0.777. The number of aliphatic hydroxyl groups is 4. The van der Waals surface area contributed by atoms with Crippen LogP contribution in [0.5, 0.6) is 0 Å². The summed E-state index contributed by atoms with van der Waals surface area (Å²) in [5.74, 6) is -1.52. The molecule has 150 valence electrons. The Morgan fingerprint density at radius 1 is 1.41 bits per heavy atom. The molecule has 0 amide bonds. The van der Waals surface area contributed by atoms with Gasteiger partial charge in [-0.05, 0) is 18.9 Å². The van der Waals surface area contributed by atoms with Gasteiger partial charge in [0.05, 0.1) is 11.4 Å². The van der Waals surface area contributed by atoms with Crippen LogP contribution in [-0.2, 0) is 9.53 Å². The molecule has 0 aromatic carbocycles. The van der Waals surface area contributed by atoms with Crippen LogP contribution < -0.4 is 4.57 Å². The van der Waals surface area contributed by atoms with Gasteiger partial charge in [-0.1, -0.05) is 0 Å². The van der Waals surface area contributed by atoms with Gasteiger partial charge in [-0.3, -0.25) is 5.01 Å². The Labute approximate surface area is 159 Å². The molecule has 1 aliphatic heterocycles. The van der Waals surface area contributed by atoms with E-state index in [9.17, 15) is 30.1 Å². The fraction of sp³-hybridized carbons (Fsp3) is 0.625. The van der Waals surface area contributed by atoms with Crippen LogP contribution >= 0.6 is 0 Å². The van der Waals surface area contributed by atoms with Gasteiger partial charge in [0.25, 0.3) is 6.23 Å². The number of ether oxygens (including phenoxy) is 1. The first-order chi connectivity index (χ1) is 14.0. The first kappa shape index (κ1) is 17.0. The quantitative estimate of drug-likeness (QED) is 0.201. The highest BCUT2D eigenvalue weighted by molar-refractivity contribution is 5.73. The van der Waals surface area contributed by atoms with E-state index in [0.29, 0.717) is 10.6 Å². The summed E-state index contributed by atoms with van der Waals surface area (Å²) in [6.07, 6.45) is -6.43. The van der Waals surface area contributed by atoms with Crippen LogP contribution in [0.1, 0.15) is 34.8 Å². The third-order valence-electron chi connectivity index (χ3n) is 4.30. The lowest BCUT2D eigenvalue weighted by Gasteiger charge is -2.35. The summed E-state index contributed by atoms with van der Waals surface area (Å²) in [5, 5.41) is 52.2. The van der Waals surface area contributed by atoms with Gasteiger partial charge in [0.1, 0.15) is 12.2 Å². The number of carboxylic acids is 1. The van der Waals surface area contributed by atoms with Gasteiger partial charge in [-0.15, -0.1) is 4.91 Å². The smallest absolute Gasteiger partial charge is 0.335 e. The molecule has 6 atom stereocenters. The molecule has 11 heteroatoms. The van der Waals surface area contributed by atoms with E-state index in [1.54, 1.807) is 0 Å². The monoisotopic (exact) mass is 389 g/mol. The lowest BCUT2D eigenvalue weighted by atomic mass is 9.97. The molecule has 5 N–H and O–H groups in total. The highest BCUT2D eigenvalue weighted by Crippen LogP contribution is 2.26. The van der Waals surface area contributed by atoms with Crippen molar-refractivity contribution in [3.8, 4) is 0 Å². The summed E-state index contributed by atoms with van der Waals surface area (Å²) in [6.45, 7) is -2.87. The van der Waals surface area contributed by atoms with Crippen molar-refractivity contribution in [1.82, 2.24) is 5.01 Å². The molecule has 0 bridgehead atoms. The number of hydrogen-bond acceptors (Lipinski definition) is 8. The zero-order valence-corrected chi connectivity index (χ0v) is 14.2. The molecule has 27 heavy (non-hydrogen) atoms. The van der Waals surface area contributed by atoms with Crippen LogP contribution in [0.4, 0.5) is 0 Å². The number of nitroso groups, excluding NO2 is 1. The molecule has 0 saturated carbocycles. The van der Waals surface area contributed by atoms with E-state index < -0.39 is 49.7 Å². The molecule has 1 aromatic rings. The molecule has 11 nitrogen and oxygen atoms in total. The Hall–Kier alpha value is -2.18. The number of nitrogens with zero attached hydrogens (tertiary/aromatic N) is 3. The van der Waals surface area contributed by atoms with Gasteiger partial charge in [0.15, 0.2) is 24.6 Å². The van der Waals surface area contributed by atoms with Gasteiger partial charge < -0.3 is 30.3 Å². The first-order valence-corrected chi connectivity index (χ1v) is 8.19. The Morgan fingerprint density at radius 2 is 2.15 bits per heavy atom. The molecular formula is C16H24N3O8+. The summed E-state index contributed by atoms with van der Waals surface area (Å²) in [4.78, 5) is 21.8. The largest absolute Gasteiger partial charge is 0.479 e. The van der Waals surface area contributed by atoms with Crippen LogP contribution in [0.15, 0.2) is 29.8 Å². The second-order valence-corrected chi connectivity index (χ2v) is 6.20. The third kappa shape index (κ3) is 4.96. The van der Waals surface area contributed by atoms with Crippen molar-refractivity contribution >= 4 is 5.97 Å². The number of carboxylic acid groups (broad SMARTS) is 1. The molecule has 1 aliphatic rings. The highest BCUT2D eigenvalue weighted by atomic mass is 16.6. The van der Waals surface area contributed by atoms with Crippen LogP contribution in [0.3, 0.4) is 0 Å². The Bertz CT molecular complexity index is 753. The van der Waals surface area contributed by atoms with E-state index in [1.165, 1.54) is 29.1 Å². The predicted octanol–water partition coefficient (Wildman–Crippen LogP) is -1.53. The van der Waals surface area contributed by atoms with E-state index in [1.807, 2.05) is 0 Å². The molecule has 2 rings (SSSR count). The van der Waals surface area contributed by atoms with Crippen molar-refractivity contribution in [2.75, 3.05) is 13.5 Å². The SMILES string of the molecule is [2H]C([2H])([2H])N(CCCC(O)c1ccc[n+]([C@@H]2OC(C(=O)O)[C@@H](O)[C@H](O)[C@@H]2O)c1)N=O. The van der Waals surface area contributed by atoms with Crippen molar-refractivity contribution in [2.45, 2.75) is 49.6 Å². The topological polar surface area (TPSA) is 164 Å². The van der Waals surface area contributed by atoms with E-state index in [0.717, 1.165) is 0 Å².